The van der Waals surface area contributed by atoms with Crippen molar-refractivity contribution in [2.24, 2.45) is 0 Å². The van der Waals surface area contributed by atoms with Gasteiger partial charge in [-0.2, -0.15) is 0 Å². The van der Waals surface area contributed by atoms with Crippen LogP contribution in [0.1, 0.15) is 36.7 Å². The Morgan fingerprint density at radius 3 is 2.48 bits per heavy atom. The predicted octanol–water partition coefficient (Wildman–Crippen LogP) is 2.91. The zero-order chi connectivity index (χ0) is 19.4. The lowest BCUT2D eigenvalue weighted by molar-refractivity contribution is -0.118. The van der Waals surface area contributed by atoms with E-state index in [1.807, 2.05) is 30.3 Å². The van der Waals surface area contributed by atoms with Gasteiger partial charge in [0, 0.05) is 43.6 Å². The molecule has 1 aromatic heterocycles. The van der Waals surface area contributed by atoms with E-state index in [1.54, 1.807) is 17.2 Å². The van der Waals surface area contributed by atoms with Gasteiger partial charge in [0.05, 0.1) is 0 Å². The van der Waals surface area contributed by atoms with Crippen molar-refractivity contribution in [3.8, 4) is 0 Å². The van der Waals surface area contributed by atoms with E-state index in [4.69, 9.17) is 0 Å². The second-order valence-corrected chi connectivity index (χ2v) is 7.78. The fourth-order valence-electron chi connectivity index (χ4n) is 3.23. The Balaban J connectivity index is 1.76. The molecule has 0 aliphatic carbocycles. The summed E-state index contributed by atoms with van der Waals surface area (Å²) in [5, 5.41) is 3.04. The molecule has 0 radical (unpaired) electrons. The molecule has 1 saturated heterocycles. The normalized spacial score (nSPS) is 14.8. The van der Waals surface area contributed by atoms with Gasteiger partial charge < -0.3 is 15.1 Å². The third-order valence-electron chi connectivity index (χ3n) is 4.78. The summed E-state index contributed by atoms with van der Waals surface area (Å²) in [5.41, 5.74) is 2.43. The van der Waals surface area contributed by atoms with Crippen LogP contribution >= 0.6 is 0 Å². The van der Waals surface area contributed by atoms with Crippen LogP contribution in [-0.4, -0.2) is 48.4 Å². The number of hydrogen-bond donors (Lipinski definition) is 1. The molecule has 142 valence electrons. The molecule has 2 heterocycles. The molecular weight excluding hydrogens is 340 g/mol. The minimum atomic E-state index is -0.151. The average Bonchev–Trinajstić information content (AvgIpc) is 2.68. The molecule has 1 aliphatic rings. The summed E-state index contributed by atoms with van der Waals surface area (Å²) in [6.45, 7) is 9.14. The molecule has 0 atom stereocenters. The maximum Gasteiger partial charge on any atom is 0.255 e. The number of para-hydroxylation sites is 1. The highest BCUT2D eigenvalue weighted by Crippen LogP contribution is 2.29. The quantitative estimate of drug-likeness (QED) is 0.845. The number of piperazine rings is 1. The van der Waals surface area contributed by atoms with Crippen LogP contribution in [-0.2, 0) is 10.2 Å². The number of rotatable bonds is 4. The van der Waals surface area contributed by atoms with Crippen molar-refractivity contribution in [3.05, 3.63) is 53.7 Å². The summed E-state index contributed by atoms with van der Waals surface area (Å²) in [7, 11) is 0. The number of benzene rings is 1. The van der Waals surface area contributed by atoms with E-state index in [0.717, 1.165) is 23.5 Å². The summed E-state index contributed by atoms with van der Waals surface area (Å²) in [4.78, 5) is 31.9. The smallest absolute Gasteiger partial charge is 0.255 e. The summed E-state index contributed by atoms with van der Waals surface area (Å²) in [6, 6.07) is 11.4. The van der Waals surface area contributed by atoms with Crippen LogP contribution in [0.15, 0.2) is 42.6 Å². The average molecular weight is 366 g/mol. The third kappa shape index (κ3) is 4.45. The molecule has 3 rings (SSSR count). The standard InChI is InChI=1S/C21H26N4O2/c1-21(2,3)17-6-4-5-7-18(17)23-20(27)16-8-9-22-19(14-16)25-12-10-24(15-26)11-13-25/h4-9,14-15H,10-13H2,1-3H3,(H,23,27). The maximum absolute atomic E-state index is 12.8. The van der Waals surface area contributed by atoms with Gasteiger partial charge >= 0.3 is 0 Å². The van der Waals surface area contributed by atoms with E-state index in [-0.39, 0.29) is 11.3 Å². The van der Waals surface area contributed by atoms with Crippen molar-refractivity contribution in [1.82, 2.24) is 9.88 Å². The Bertz CT molecular complexity index is 821. The Morgan fingerprint density at radius 2 is 1.81 bits per heavy atom. The summed E-state index contributed by atoms with van der Waals surface area (Å²) >= 11 is 0. The van der Waals surface area contributed by atoms with Gasteiger partial charge in [0.1, 0.15) is 5.82 Å². The number of anilines is 2. The number of hydrogen-bond acceptors (Lipinski definition) is 4. The van der Waals surface area contributed by atoms with Crippen molar-refractivity contribution in [1.29, 1.82) is 0 Å². The molecule has 0 saturated carbocycles. The first-order chi connectivity index (χ1) is 12.9. The van der Waals surface area contributed by atoms with E-state index in [1.165, 1.54) is 0 Å². The van der Waals surface area contributed by atoms with Crippen LogP contribution in [0.2, 0.25) is 0 Å². The first-order valence-electron chi connectivity index (χ1n) is 9.20. The number of aromatic nitrogens is 1. The fourth-order valence-corrected chi connectivity index (χ4v) is 3.23. The molecule has 1 aliphatic heterocycles. The molecule has 0 unspecified atom stereocenters. The third-order valence-corrected chi connectivity index (χ3v) is 4.78. The number of nitrogens with zero attached hydrogens (tertiary/aromatic N) is 3. The van der Waals surface area contributed by atoms with Gasteiger partial charge in [-0.05, 0) is 29.2 Å². The molecule has 1 aromatic carbocycles. The number of nitrogens with one attached hydrogen (secondary N) is 1. The second kappa shape index (κ2) is 7.78. The molecular formula is C21H26N4O2. The Labute approximate surface area is 160 Å². The minimum Gasteiger partial charge on any atom is -0.353 e. The first-order valence-corrected chi connectivity index (χ1v) is 9.20. The SMILES string of the molecule is CC(C)(C)c1ccccc1NC(=O)c1ccnc(N2CCN(C=O)CC2)c1. The van der Waals surface area contributed by atoms with Crippen LogP contribution in [0, 0.1) is 0 Å². The van der Waals surface area contributed by atoms with Gasteiger partial charge in [0.25, 0.3) is 5.91 Å². The van der Waals surface area contributed by atoms with E-state index in [9.17, 15) is 9.59 Å². The Morgan fingerprint density at radius 1 is 1.11 bits per heavy atom. The number of pyridine rings is 1. The lowest BCUT2D eigenvalue weighted by atomic mass is 9.86. The van der Waals surface area contributed by atoms with Gasteiger partial charge in [-0.1, -0.05) is 39.0 Å². The molecule has 2 amide bonds. The predicted molar refractivity (Wildman–Crippen MR) is 107 cm³/mol. The number of amides is 2. The number of carbonyl (C=O) groups is 2. The van der Waals surface area contributed by atoms with Crippen molar-refractivity contribution >= 4 is 23.8 Å². The van der Waals surface area contributed by atoms with E-state index in [0.29, 0.717) is 31.7 Å². The molecule has 1 N–H and O–H groups in total. The van der Waals surface area contributed by atoms with Crippen molar-refractivity contribution in [2.45, 2.75) is 26.2 Å². The van der Waals surface area contributed by atoms with Gasteiger partial charge in [0.15, 0.2) is 0 Å². The topological polar surface area (TPSA) is 65.5 Å². The van der Waals surface area contributed by atoms with E-state index < -0.39 is 0 Å². The van der Waals surface area contributed by atoms with Crippen LogP contribution in [0.5, 0.6) is 0 Å². The molecule has 0 bridgehead atoms. The number of carbonyl (C=O) groups excluding carboxylic acids is 2. The highest BCUT2D eigenvalue weighted by Gasteiger charge is 2.20. The zero-order valence-corrected chi connectivity index (χ0v) is 16.1. The zero-order valence-electron chi connectivity index (χ0n) is 16.1. The molecule has 6 heteroatoms. The monoisotopic (exact) mass is 366 g/mol. The highest BCUT2D eigenvalue weighted by molar-refractivity contribution is 6.05. The van der Waals surface area contributed by atoms with Crippen LogP contribution in [0.3, 0.4) is 0 Å². The van der Waals surface area contributed by atoms with Gasteiger partial charge in [0.2, 0.25) is 6.41 Å². The van der Waals surface area contributed by atoms with Gasteiger partial charge in [-0.25, -0.2) is 4.98 Å². The summed E-state index contributed by atoms with van der Waals surface area (Å²) in [5.74, 6) is 0.610. The highest BCUT2D eigenvalue weighted by atomic mass is 16.1. The fraction of sp³-hybridized carbons (Fsp3) is 0.381. The first kappa shape index (κ1) is 18.9. The van der Waals surface area contributed by atoms with Crippen LogP contribution in [0.25, 0.3) is 0 Å². The molecule has 27 heavy (non-hydrogen) atoms. The molecule has 2 aromatic rings. The van der Waals surface area contributed by atoms with Crippen molar-refractivity contribution in [3.63, 3.8) is 0 Å². The lowest BCUT2D eigenvalue weighted by Crippen LogP contribution is -2.46. The maximum atomic E-state index is 12.8. The van der Waals surface area contributed by atoms with E-state index >= 15 is 0 Å². The van der Waals surface area contributed by atoms with Crippen LogP contribution < -0.4 is 10.2 Å². The molecule has 0 spiro atoms. The molecule has 1 fully saturated rings. The van der Waals surface area contributed by atoms with Crippen molar-refractivity contribution < 1.29 is 9.59 Å². The molecule has 6 nitrogen and oxygen atoms in total. The van der Waals surface area contributed by atoms with Gasteiger partial charge in [-0.15, -0.1) is 0 Å². The van der Waals surface area contributed by atoms with E-state index in [2.05, 4.69) is 36.0 Å². The van der Waals surface area contributed by atoms with Crippen LogP contribution in [0.4, 0.5) is 11.5 Å². The van der Waals surface area contributed by atoms with Gasteiger partial charge in [-0.3, -0.25) is 9.59 Å². The largest absolute Gasteiger partial charge is 0.353 e. The Kier molecular flexibility index (Phi) is 5.44. The summed E-state index contributed by atoms with van der Waals surface area (Å²) in [6.07, 6.45) is 2.54. The summed E-state index contributed by atoms with van der Waals surface area (Å²) < 4.78 is 0. The minimum absolute atomic E-state index is 0.0640. The lowest BCUT2D eigenvalue weighted by Gasteiger charge is -2.33. The Hall–Kier alpha value is -2.89. The second-order valence-electron chi connectivity index (χ2n) is 7.78. The van der Waals surface area contributed by atoms with Crippen molar-refractivity contribution in [2.75, 3.05) is 36.4 Å².